The van der Waals surface area contributed by atoms with Gasteiger partial charge >= 0.3 is 5.97 Å². The van der Waals surface area contributed by atoms with Gasteiger partial charge in [0.25, 0.3) is 0 Å². The summed E-state index contributed by atoms with van der Waals surface area (Å²) in [6, 6.07) is 13.8. The number of nitrogens with zero attached hydrogens (tertiary/aromatic N) is 1. The molecule has 4 atom stereocenters. The molecule has 5 rings (SSSR count). The number of carbonyl (C=O) groups is 3. The summed E-state index contributed by atoms with van der Waals surface area (Å²) in [7, 11) is 0. The molecule has 5 heteroatoms. The van der Waals surface area contributed by atoms with Gasteiger partial charge in [0, 0.05) is 6.07 Å². The second kappa shape index (κ2) is 6.30. The van der Waals surface area contributed by atoms with Gasteiger partial charge in [0.05, 0.1) is 23.1 Å². The van der Waals surface area contributed by atoms with Crippen molar-refractivity contribution in [3.05, 3.63) is 59.7 Å². The van der Waals surface area contributed by atoms with Crippen molar-refractivity contribution in [2.75, 3.05) is 4.90 Å². The largest absolute Gasteiger partial charge is 0.423 e. The van der Waals surface area contributed by atoms with Crippen LogP contribution in [-0.2, 0) is 9.59 Å². The molecule has 3 aliphatic rings. The average molecular weight is 375 g/mol. The number of anilines is 1. The molecule has 2 aromatic carbocycles. The molecule has 1 saturated heterocycles. The smallest absolute Gasteiger partial charge is 0.343 e. The zero-order valence-corrected chi connectivity index (χ0v) is 15.6. The Morgan fingerprint density at radius 3 is 2.25 bits per heavy atom. The summed E-state index contributed by atoms with van der Waals surface area (Å²) in [6.07, 6.45) is 3.11. The molecule has 5 nitrogen and oxygen atoms in total. The second-order valence-electron chi connectivity index (χ2n) is 8.15. The van der Waals surface area contributed by atoms with Gasteiger partial charge < -0.3 is 4.74 Å². The number of carbonyl (C=O) groups excluding carboxylic acids is 3. The van der Waals surface area contributed by atoms with Crippen molar-refractivity contribution in [1.82, 2.24) is 0 Å². The van der Waals surface area contributed by atoms with Crippen LogP contribution in [0.2, 0.25) is 0 Å². The molecular weight excluding hydrogens is 354 g/mol. The Labute approximate surface area is 163 Å². The molecule has 1 aliphatic heterocycles. The normalized spacial score (nSPS) is 28.0. The van der Waals surface area contributed by atoms with Crippen LogP contribution in [0.1, 0.15) is 35.2 Å². The Hall–Kier alpha value is -2.95. The number of imide groups is 1. The van der Waals surface area contributed by atoms with E-state index in [1.54, 1.807) is 36.4 Å². The number of rotatable bonds is 3. The van der Waals surface area contributed by atoms with E-state index >= 15 is 0 Å². The standard InChI is InChI=1S/C23H21NO4/c1-13-5-7-14(8-6-13)23(27)28-18-4-2-3-17(12-18)24-21(25)19-15-9-10-16(11-15)20(19)22(24)26/h2-8,12,15-16,19-20H,9-11H2,1H3/t15-,16+,19-,20+. The summed E-state index contributed by atoms with van der Waals surface area (Å²) < 4.78 is 5.47. The third kappa shape index (κ3) is 2.57. The quantitative estimate of drug-likeness (QED) is 0.466. The fraction of sp³-hybridized carbons (Fsp3) is 0.348. The Kier molecular flexibility index (Phi) is 3.86. The third-order valence-corrected chi connectivity index (χ3v) is 6.50. The molecule has 3 fully saturated rings. The van der Waals surface area contributed by atoms with Crippen molar-refractivity contribution >= 4 is 23.5 Å². The van der Waals surface area contributed by atoms with E-state index in [0.717, 1.165) is 24.8 Å². The summed E-state index contributed by atoms with van der Waals surface area (Å²) >= 11 is 0. The average Bonchev–Trinajstić information content (AvgIpc) is 3.36. The molecule has 0 spiro atoms. The SMILES string of the molecule is Cc1ccc(C(=O)Oc2cccc(N3C(=O)[C@@H]4[C@@H]5CC[C@@H](C5)[C@@H]4C3=O)c2)cc1. The van der Waals surface area contributed by atoms with Crippen LogP contribution in [0.25, 0.3) is 0 Å². The maximum atomic E-state index is 13.0. The van der Waals surface area contributed by atoms with Crippen LogP contribution in [0.4, 0.5) is 5.69 Å². The molecule has 1 heterocycles. The number of hydrogen-bond acceptors (Lipinski definition) is 4. The molecule has 28 heavy (non-hydrogen) atoms. The minimum absolute atomic E-state index is 0.0933. The van der Waals surface area contributed by atoms with Crippen molar-refractivity contribution in [3.8, 4) is 5.75 Å². The first-order valence-electron chi connectivity index (χ1n) is 9.79. The minimum atomic E-state index is -0.467. The van der Waals surface area contributed by atoms with Crippen molar-refractivity contribution < 1.29 is 19.1 Å². The highest BCUT2D eigenvalue weighted by Gasteiger charge is 2.61. The van der Waals surface area contributed by atoms with Gasteiger partial charge in [-0.2, -0.15) is 0 Å². The summed E-state index contributed by atoms with van der Waals surface area (Å²) in [5.41, 5.74) is 2.00. The van der Waals surface area contributed by atoms with E-state index in [2.05, 4.69) is 0 Å². The lowest BCUT2D eigenvalue weighted by molar-refractivity contribution is -0.123. The minimum Gasteiger partial charge on any atom is -0.423 e. The van der Waals surface area contributed by atoms with Crippen LogP contribution in [-0.4, -0.2) is 17.8 Å². The van der Waals surface area contributed by atoms with E-state index in [4.69, 9.17) is 4.74 Å². The molecule has 0 unspecified atom stereocenters. The van der Waals surface area contributed by atoms with Crippen molar-refractivity contribution in [1.29, 1.82) is 0 Å². The first-order valence-corrected chi connectivity index (χ1v) is 9.79. The topological polar surface area (TPSA) is 63.7 Å². The summed E-state index contributed by atoms with van der Waals surface area (Å²) in [4.78, 5) is 39.6. The maximum absolute atomic E-state index is 13.0. The van der Waals surface area contributed by atoms with E-state index < -0.39 is 5.97 Å². The van der Waals surface area contributed by atoms with Gasteiger partial charge in [-0.1, -0.05) is 23.8 Å². The number of esters is 1. The zero-order valence-electron chi connectivity index (χ0n) is 15.6. The highest BCUT2D eigenvalue weighted by atomic mass is 16.5. The van der Waals surface area contributed by atoms with Crippen LogP contribution in [0.3, 0.4) is 0 Å². The van der Waals surface area contributed by atoms with Gasteiger partial charge in [0.2, 0.25) is 11.8 Å². The Morgan fingerprint density at radius 2 is 1.61 bits per heavy atom. The van der Waals surface area contributed by atoms with Gasteiger partial charge in [0.15, 0.2) is 0 Å². The van der Waals surface area contributed by atoms with Crippen LogP contribution in [0.5, 0.6) is 5.75 Å². The van der Waals surface area contributed by atoms with Gasteiger partial charge in [-0.05, 0) is 62.3 Å². The number of amides is 2. The van der Waals surface area contributed by atoms with Crippen molar-refractivity contribution in [2.24, 2.45) is 23.7 Å². The highest BCUT2D eigenvalue weighted by Crippen LogP contribution is 2.56. The lowest BCUT2D eigenvalue weighted by Crippen LogP contribution is -2.32. The maximum Gasteiger partial charge on any atom is 0.343 e. The molecule has 2 aliphatic carbocycles. The van der Waals surface area contributed by atoms with Crippen molar-refractivity contribution in [3.63, 3.8) is 0 Å². The molecule has 2 amide bonds. The summed E-state index contributed by atoms with van der Waals surface area (Å²) in [5.74, 6) is 0.0382. The van der Waals surface area contributed by atoms with Gasteiger partial charge in [-0.25, -0.2) is 9.69 Å². The summed E-state index contributed by atoms with van der Waals surface area (Å²) in [5, 5.41) is 0. The van der Waals surface area contributed by atoms with E-state index in [9.17, 15) is 14.4 Å². The van der Waals surface area contributed by atoms with E-state index in [1.165, 1.54) is 4.90 Å². The van der Waals surface area contributed by atoms with Crippen LogP contribution in [0, 0.1) is 30.6 Å². The summed E-state index contributed by atoms with van der Waals surface area (Å²) in [6.45, 7) is 1.95. The first-order chi connectivity index (χ1) is 13.5. The van der Waals surface area contributed by atoms with E-state index in [0.29, 0.717) is 28.8 Å². The lowest BCUT2D eigenvalue weighted by Gasteiger charge is -2.19. The predicted molar refractivity (Wildman–Crippen MR) is 103 cm³/mol. The first kappa shape index (κ1) is 17.2. The van der Waals surface area contributed by atoms with Gasteiger partial charge in [0.1, 0.15) is 5.75 Å². The monoisotopic (exact) mass is 375 g/mol. The predicted octanol–water partition coefficient (Wildman–Crippen LogP) is 3.75. The lowest BCUT2D eigenvalue weighted by atomic mass is 9.81. The molecule has 142 valence electrons. The molecular formula is C23H21NO4. The third-order valence-electron chi connectivity index (χ3n) is 6.50. The molecule has 0 N–H and O–H groups in total. The molecule has 2 aromatic rings. The number of benzene rings is 2. The van der Waals surface area contributed by atoms with Gasteiger partial charge in [-0.15, -0.1) is 0 Å². The number of fused-ring (bicyclic) bond motifs is 5. The zero-order chi connectivity index (χ0) is 19.4. The van der Waals surface area contributed by atoms with E-state index in [-0.39, 0.29) is 23.7 Å². The van der Waals surface area contributed by atoms with Crippen LogP contribution < -0.4 is 9.64 Å². The number of ether oxygens (including phenoxy) is 1. The van der Waals surface area contributed by atoms with Gasteiger partial charge in [-0.3, -0.25) is 9.59 Å². The van der Waals surface area contributed by atoms with Crippen LogP contribution >= 0.6 is 0 Å². The Bertz CT molecular complexity index is 952. The Morgan fingerprint density at radius 1 is 0.964 bits per heavy atom. The van der Waals surface area contributed by atoms with Crippen molar-refractivity contribution in [2.45, 2.75) is 26.2 Å². The molecule has 2 saturated carbocycles. The molecule has 0 radical (unpaired) electrons. The fourth-order valence-electron chi connectivity index (χ4n) is 5.20. The molecule has 0 aromatic heterocycles. The Balaban J connectivity index is 1.39. The number of hydrogen-bond donors (Lipinski definition) is 0. The highest BCUT2D eigenvalue weighted by molar-refractivity contribution is 6.22. The van der Waals surface area contributed by atoms with E-state index in [1.807, 2.05) is 19.1 Å². The number of aryl methyl sites for hydroxylation is 1. The fourth-order valence-corrected chi connectivity index (χ4v) is 5.20. The second-order valence-corrected chi connectivity index (χ2v) is 8.15. The molecule has 2 bridgehead atoms. The van der Waals surface area contributed by atoms with Crippen LogP contribution in [0.15, 0.2) is 48.5 Å².